The average molecular weight is 424 g/mol. The fourth-order valence-corrected chi connectivity index (χ4v) is 2.52. The number of hydrogen-bond acceptors (Lipinski definition) is 6. The number of phenols is 1. The van der Waals surface area contributed by atoms with Crippen molar-refractivity contribution in [1.82, 2.24) is 10.4 Å². The van der Waals surface area contributed by atoms with E-state index in [0.717, 1.165) is 0 Å². The normalized spacial score (nSPS) is 10.9. The SMILES string of the molecule is COc1ccc(/C=N/NC(=O)c2nc(Cl)c(Cl)c(N)c2Cl)c(Cl)c1O. The number of methoxy groups -OCH3 is 1. The van der Waals surface area contributed by atoms with Gasteiger partial charge >= 0.3 is 0 Å². The first-order valence-electron chi connectivity index (χ1n) is 6.46. The highest BCUT2D eigenvalue weighted by Crippen LogP contribution is 2.36. The Labute approximate surface area is 162 Å². The highest BCUT2D eigenvalue weighted by atomic mass is 35.5. The second-order valence-corrected chi connectivity index (χ2v) is 6.00. The first-order chi connectivity index (χ1) is 11.8. The lowest BCUT2D eigenvalue weighted by Gasteiger charge is -2.08. The number of phenolic OH excluding ortho intramolecular Hbond substituents is 1. The number of aromatic hydroxyl groups is 1. The summed E-state index contributed by atoms with van der Waals surface area (Å²) in [5.74, 6) is -0.810. The average Bonchev–Trinajstić information content (AvgIpc) is 2.60. The summed E-state index contributed by atoms with van der Waals surface area (Å²) < 4.78 is 4.92. The first-order valence-corrected chi connectivity index (χ1v) is 7.97. The number of aromatic nitrogens is 1. The molecule has 0 fully saturated rings. The van der Waals surface area contributed by atoms with Crippen molar-refractivity contribution < 1.29 is 14.6 Å². The zero-order valence-electron chi connectivity index (χ0n) is 12.5. The van der Waals surface area contributed by atoms with E-state index in [1.165, 1.54) is 19.4 Å². The van der Waals surface area contributed by atoms with Crippen LogP contribution in [0.1, 0.15) is 16.1 Å². The molecule has 0 saturated heterocycles. The fourth-order valence-electron chi connectivity index (χ4n) is 1.72. The maximum Gasteiger partial charge on any atom is 0.291 e. The van der Waals surface area contributed by atoms with E-state index in [-0.39, 0.29) is 43.1 Å². The van der Waals surface area contributed by atoms with Crippen LogP contribution in [0, 0.1) is 0 Å². The van der Waals surface area contributed by atoms with Crippen LogP contribution in [-0.2, 0) is 0 Å². The summed E-state index contributed by atoms with van der Waals surface area (Å²) in [5, 5.41) is 13.2. The number of anilines is 1. The summed E-state index contributed by atoms with van der Waals surface area (Å²) in [5.41, 5.74) is 7.86. The fraction of sp³-hybridized carbons (Fsp3) is 0.0714. The molecule has 0 aliphatic rings. The van der Waals surface area contributed by atoms with E-state index in [1.54, 1.807) is 6.07 Å². The highest BCUT2D eigenvalue weighted by Gasteiger charge is 2.19. The Kier molecular flexibility index (Phi) is 6.18. The van der Waals surface area contributed by atoms with Crippen LogP contribution in [-0.4, -0.2) is 29.3 Å². The summed E-state index contributed by atoms with van der Waals surface area (Å²) in [7, 11) is 1.39. The van der Waals surface area contributed by atoms with Gasteiger partial charge in [0.15, 0.2) is 22.3 Å². The third-order valence-corrected chi connectivity index (χ3v) is 4.52. The number of nitrogen functional groups attached to an aromatic ring is 1. The Morgan fingerprint density at radius 3 is 2.60 bits per heavy atom. The van der Waals surface area contributed by atoms with E-state index < -0.39 is 5.91 Å². The molecule has 0 radical (unpaired) electrons. The largest absolute Gasteiger partial charge is 0.503 e. The van der Waals surface area contributed by atoms with Gasteiger partial charge in [-0.1, -0.05) is 46.4 Å². The first kappa shape index (κ1) is 19.4. The number of nitrogens with two attached hydrogens (primary N) is 1. The molecule has 11 heteroatoms. The zero-order chi connectivity index (χ0) is 18.7. The molecule has 2 aromatic rings. The van der Waals surface area contributed by atoms with Gasteiger partial charge in [0.25, 0.3) is 5.91 Å². The number of hydrazone groups is 1. The Morgan fingerprint density at radius 1 is 1.28 bits per heavy atom. The van der Waals surface area contributed by atoms with E-state index >= 15 is 0 Å². The molecule has 2 rings (SSSR count). The number of ether oxygens (including phenoxy) is 1. The van der Waals surface area contributed by atoms with Gasteiger partial charge in [-0.25, -0.2) is 10.4 Å². The topological polar surface area (TPSA) is 110 Å². The molecule has 0 spiro atoms. The summed E-state index contributed by atoms with van der Waals surface area (Å²) in [6, 6.07) is 3.03. The molecular formula is C14H10Cl4N4O3. The van der Waals surface area contributed by atoms with Crippen molar-refractivity contribution in [2.24, 2.45) is 5.10 Å². The number of pyridine rings is 1. The van der Waals surface area contributed by atoms with Crippen LogP contribution in [0.3, 0.4) is 0 Å². The molecule has 7 nitrogen and oxygen atoms in total. The van der Waals surface area contributed by atoms with Gasteiger partial charge in [-0.2, -0.15) is 5.10 Å². The maximum absolute atomic E-state index is 12.1. The van der Waals surface area contributed by atoms with Crippen molar-refractivity contribution in [3.63, 3.8) is 0 Å². The molecule has 4 N–H and O–H groups in total. The number of carbonyl (C=O) groups excluding carboxylic acids is 1. The lowest BCUT2D eigenvalue weighted by molar-refractivity contribution is 0.0950. The van der Waals surface area contributed by atoms with Gasteiger partial charge in [-0.05, 0) is 12.1 Å². The van der Waals surface area contributed by atoms with E-state index in [0.29, 0.717) is 5.56 Å². The lowest BCUT2D eigenvalue weighted by atomic mass is 10.2. The van der Waals surface area contributed by atoms with Crippen molar-refractivity contribution in [3.05, 3.63) is 43.6 Å². The molecule has 0 bridgehead atoms. The smallest absolute Gasteiger partial charge is 0.291 e. The van der Waals surface area contributed by atoms with Gasteiger partial charge in [-0.3, -0.25) is 4.79 Å². The van der Waals surface area contributed by atoms with Gasteiger partial charge < -0.3 is 15.6 Å². The molecule has 1 heterocycles. The van der Waals surface area contributed by atoms with Crippen LogP contribution in [0.25, 0.3) is 0 Å². The summed E-state index contributed by atoms with van der Waals surface area (Å²) in [4.78, 5) is 15.9. The summed E-state index contributed by atoms with van der Waals surface area (Å²) >= 11 is 23.5. The Balaban J connectivity index is 2.21. The molecule has 0 aliphatic heterocycles. The number of amides is 1. The van der Waals surface area contributed by atoms with Crippen LogP contribution in [0.4, 0.5) is 5.69 Å². The van der Waals surface area contributed by atoms with E-state index in [1.807, 2.05) is 0 Å². The number of benzene rings is 1. The summed E-state index contributed by atoms with van der Waals surface area (Å²) in [6.45, 7) is 0. The molecular weight excluding hydrogens is 414 g/mol. The van der Waals surface area contributed by atoms with E-state index in [9.17, 15) is 9.90 Å². The third kappa shape index (κ3) is 4.01. The number of carbonyl (C=O) groups is 1. The van der Waals surface area contributed by atoms with Gasteiger partial charge in [0.1, 0.15) is 5.02 Å². The number of nitrogens with one attached hydrogen (secondary N) is 1. The zero-order valence-corrected chi connectivity index (χ0v) is 15.5. The van der Waals surface area contributed by atoms with Crippen molar-refractivity contribution in [2.45, 2.75) is 0 Å². The number of rotatable bonds is 4. The molecule has 0 unspecified atom stereocenters. The van der Waals surface area contributed by atoms with Gasteiger partial charge in [-0.15, -0.1) is 0 Å². The second kappa shape index (κ2) is 7.97. The third-order valence-electron chi connectivity index (χ3n) is 2.99. The van der Waals surface area contributed by atoms with Crippen LogP contribution in [0.15, 0.2) is 17.2 Å². The van der Waals surface area contributed by atoms with Gasteiger partial charge in [0.05, 0.1) is 29.1 Å². The molecule has 0 aliphatic carbocycles. The van der Waals surface area contributed by atoms with Crippen LogP contribution >= 0.6 is 46.4 Å². The predicted octanol–water partition coefficient (Wildman–Crippen LogP) is 3.76. The van der Waals surface area contributed by atoms with Crippen LogP contribution < -0.4 is 15.9 Å². The number of hydrogen-bond donors (Lipinski definition) is 3. The molecule has 1 aromatic carbocycles. The standard InChI is InChI=1S/C14H10Cl4N4O3/c1-25-6-3-2-5(7(15)12(6)23)4-20-22-14(24)11-8(16)10(19)9(17)13(18)21-11/h2-4,23H,1H3,(H2,19,21)(H,22,24)/b20-4+. The minimum atomic E-state index is -0.764. The van der Waals surface area contributed by atoms with Crippen molar-refractivity contribution >= 4 is 64.2 Å². The Hall–Kier alpha value is -1.93. The quantitative estimate of drug-likeness (QED) is 0.394. The number of nitrogens with zero attached hydrogens (tertiary/aromatic N) is 2. The van der Waals surface area contributed by atoms with Crippen LogP contribution in [0.5, 0.6) is 11.5 Å². The van der Waals surface area contributed by atoms with Crippen molar-refractivity contribution in [3.8, 4) is 11.5 Å². The van der Waals surface area contributed by atoms with E-state index in [4.69, 9.17) is 56.9 Å². The molecule has 25 heavy (non-hydrogen) atoms. The van der Waals surface area contributed by atoms with Crippen molar-refractivity contribution in [1.29, 1.82) is 0 Å². The molecule has 1 amide bonds. The van der Waals surface area contributed by atoms with E-state index in [2.05, 4.69) is 15.5 Å². The van der Waals surface area contributed by atoms with Gasteiger partial charge in [0.2, 0.25) is 0 Å². The molecule has 0 atom stereocenters. The lowest BCUT2D eigenvalue weighted by Crippen LogP contribution is -2.20. The molecule has 132 valence electrons. The predicted molar refractivity (Wildman–Crippen MR) is 98.4 cm³/mol. The minimum Gasteiger partial charge on any atom is -0.503 e. The monoisotopic (exact) mass is 422 g/mol. The maximum atomic E-state index is 12.1. The Bertz CT molecular complexity index is 874. The molecule has 1 aromatic heterocycles. The van der Waals surface area contributed by atoms with Crippen molar-refractivity contribution in [2.75, 3.05) is 12.8 Å². The van der Waals surface area contributed by atoms with Crippen LogP contribution in [0.2, 0.25) is 20.2 Å². The number of halogens is 4. The summed E-state index contributed by atoms with van der Waals surface area (Å²) in [6.07, 6.45) is 1.22. The minimum absolute atomic E-state index is 0.00675. The molecule has 0 saturated carbocycles. The van der Waals surface area contributed by atoms with Gasteiger partial charge in [0, 0.05) is 5.56 Å². The highest BCUT2D eigenvalue weighted by molar-refractivity contribution is 6.46. The second-order valence-electron chi connectivity index (χ2n) is 4.51. The Morgan fingerprint density at radius 2 is 1.96 bits per heavy atom.